The first kappa shape index (κ1) is 20.1. The summed E-state index contributed by atoms with van der Waals surface area (Å²) in [5.41, 5.74) is 3.55. The molecule has 1 saturated carbocycles. The van der Waals surface area contributed by atoms with Gasteiger partial charge in [-0.05, 0) is 87.7 Å². The van der Waals surface area contributed by atoms with Crippen LogP contribution < -0.4 is 0 Å². The van der Waals surface area contributed by atoms with Gasteiger partial charge in [0.25, 0.3) is 0 Å². The summed E-state index contributed by atoms with van der Waals surface area (Å²) in [6, 6.07) is 0. The topological polar surface area (TPSA) is 46.5 Å². The first-order valence-corrected chi connectivity index (χ1v) is 11.0. The molecule has 0 bridgehead atoms. The molecule has 28 heavy (non-hydrogen) atoms. The molecule has 7 unspecified atom stereocenters. The van der Waals surface area contributed by atoms with Crippen molar-refractivity contribution in [3.05, 3.63) is 34.9 Å². The standard InChI is InChI=1S/C25H36O3/c1-15(2)10-19-12-17(4)25(28-19)9-8-24(5)13-20-16(3)11-21(27)23(20)18(14-26)6-7-22(24)25/h6,10-11,17,19-20,22-23,26H,7-9,12-14H2,1-5H3/b18-6-. The van der Waals surface area contributed by atoms with E-state index < -0.39 is 0 Å². The maximum atomic E-state index is 12.6. The molecule has 0 aromatic carbocycles. The number of carbonyl (C=O) groups is 1. The van der Waals surface area contributed by atoms with Gasteiger partial charge in [0.2, 0.25) is 0 Å². The lowest BCUT2D eigenvalue weighted by Gasteiger charge is -2.44. The van der Waals surface area contributed by atoms with Crippen molar-refractivity contribution >= 4 is 5.78 Å². The number of carbonyl (C=O) groups excluding carboxylic acids is 1. The van der Waals surface area contributed by atoms with E-state index in [0.717, 1.165) is 37.7 Å². The highest BCUT2D eigenvalue weighted by atomic mass is 16.5. The highest BCUT2D eigenvalue weighted by molar-refractivity contribution is 5.97. The van der Waals surface area contributed by atoms with Crippen molar-refractivity contribution in [3.8, 4) is 0 Å². The Morgan fingerprint density at radius 1 is 1.36 bits per heavy atom. The second-order valence-electron chi connectivity index (χ2n) is 10.5. The summed E-state index contributed by atoms with van der Waals surface area (Å²) in [5.74, 6) is 1.25. The van der Waals surface area contributed by atoms with Gasteiger partial charge in [0, 0.05) is 0 Å². The van der Waals surface area contributed by atoms with Crippen LogP contribution in [-0.2, 0) is 9.53 Å². The highest BCUT2D eigenvalue weighted by Gasteiger charge is 2.61. The van der Waals surface area contributed by atoms with Crippen molar-refractivity contribution in [2.75, 3.05) is 6.61 Å². The van der Waals surface area contributed by atoms with Gasteiger partial charge in [0.15, 0.2) is 5.78 Å². The Balaban J connectivity index is 1.72. The Labute approximate surface area is 169 Å². The molecule has 3 nitrogen and oxygen atoms in total. The molecule has 1 N–H and O–H groups in total. The maximum absolute atomic E-state index is 12.6. The van der Waals surface area contributed by atoms with E-state index in [1.807, 2.05) is 6.08 Å². The van der Waals surface area contributed by atoms with Crippen LogP contribution in [0.2, 0.25) is 0 Å². The number of ketones is 1. The quantitative estimate of drug-likeness (QED) is 0.681. The number of hydrogen-bond donors (Lipinski definition) is 1. The molecule has 1 saturated heterocycles. The third-order valence-corrected chi connectivity index (χ3v) is 8.38. The molecule has 1 heterocycles. The fourth-order valence-electron chi connectivity index (χ4n) is 7.01. The third-order valence-electron chi connectivity index (χ3n) is 8.38. The number of allylic oxidation sites excluding steroid dienone is 4. The second kappa shape index (κ2) is 6.95. The smallest absolute Gasteiger partial charge is 0.163 e. The van der Waals surface area contributed by atoms with Gasteiger partial charge in [0.05, 0.1) is 24.2 Å². The van der Waals surface area contributed by atoms with Gasteiger partial charge in [-0.1, -0.05) is 37.1 Å². The molecule has 1 spiro atoms. The number of fused-ring (bicyclic) bond motifs is 3. The van der Waals surface area contributed by atoms with E-state index in [4.69, 9.17) is 4.74 Å². The van der Waals surface area contributed by atoms with Crippen LogP contribution in [0.4, 0.5) is 0 Å². The number of rotatable bonds is 2. The highest BCUT2D eigenvalue weighted by Crippen LogP contribution is 2.63. The number of aliphatic hydroxyl groups is 1. The fourth-order valence-corrected chi connectivity index (χ4v) is 7.01. The Morgan fingerprint density at radius 3 is 2.79 bits per heavy atom. The Kier molecular flexibility index (Phi) is 4.99. The van der Waals surface area contributed by atoms with Crippen molar-refractivity contribution < 1.29 is 14.6 Å². The average molecular weight is 385 g/mol. The summed E-state index contributed by atoms with van der Waals surface area (Å²) in [4.78, 5) is 12.6. The van der Waals surface area contributed by atoms with Crippen molar-refractivity contribution in [2.45, 2.75) is 78.4 Å². The van der Waals surface area contributed by atoms with E-state index in [-0.39, 0.29) is 41.3 Å². The minimum atomic E-state index is -0.139. The number of ether oxygens (including phenoxy) is 1. The van der Waals surface area contributed by atoms with Crippen LogP contribution in [-0.4, -0.2) is 29.2 Å². The molecule has 0 aromatic rings. The summed E-state index contributed by atoms with van der Waals surface area (Å²) >= 11 is 0. The molecule has 3 aliphatic carbocycles. The minimum absolute atomic E-state index is 0.0126. The predicted molar refractivity (Wildman–Crippen MR) is 112 cm³/mol. The summed E-state index contributed by atoms with van der Waals surface area (Å²) in [7, 11) is 0. The van der Waals surface area contributed by atoms with E-state index in [1.54, 1.807) is 0 Å². The summed E-state index contributed by atoms with van der Waals surface area (Å²) < 4.78 is 6.84. The molecule has 3 heteroatoms. The molecule has 0 aromatic heterocycles. The molecular weight excluding hydrogens is 348 g/mol. The van der Waals surface area contributed by atoms with E-state index >= 15 is 0 Å². The SMILES string of the molecule is CC(C)=CC1CC(C)C2(CCC3(C)CC4C(C)=CC(=O)C4/C(CO)=C\CC32)O1. The summed E-state index contributed by atoms with van der Waals surface area (Å²) in [6.45, 7) is 11.2. The zero-order valence-corrected chi connectivity index (χ0v) is 18.1. The Bertz CT molecular complexity index is 756. The van der Waals surface area contributed by atoms with Crippen LogP contribution in [0.25, 0.3) is 0 Å². The van der Waals surface area contributed by atoms with Crippen LogP contribution >= 0.6 is 0 Å². The largest absolute Gasteiger partial charge is 0.392 e. The number of aliphatic hydroxyl groups excluding tert-OH is 1. The molecule has 154 valence electrons. The van der Waals surface area contributed by atoms with E-state index in [9.17, 15) is 9.90 Å². The molecule has 4 aliphatic rings. The van der Waals surface area contributed by atoms with Crippen LogP contribution in [0.5, 0.6) is 0 Å². The van der Waals surface area contributed by atoms with Gasteiger partial charge in [-0.3, -0.25) is 4.79 Å². The second-order valence-corrected chi connectivity index (χ2v) is 10.5. The molecule has 1 aliphatic heterocycles. The van der Waals surface area contributed by atoms with Gasteiger partial charge < -0.3 is 9.84 Å². The van der Waals surface area contributed by atoms with Crippen LogP contribution in [0, 0.1) is 29.1 Å². The number of hydrogen-bond acceptors (Lipinski definition) is 3. The normalized spacial score (nSPS) is 47.1. The predicted octanol–water partition coefficient (Wildman–Crippen LogP) is 5.01. The summed E-state index contributed by atoms with van der Waals surface area (Å²) in [6.07, 6.45) is 11.8. The molecule has 2 fully saturated rings. The van der Waals surface area contributed by atoms with E-state index in [1.165, 1.54) is 11.1 Å². The third kappa shape index (κ3) is 2.97. The maximum Gasteiger partial charge on any atom is 0.163 e. The molecular formula is C25H36O3. The van der Waals surface area contributed by atoms with E-state index in [2.05, 4.69) is 46.8 Å². The molecule has 0 amide bonds. The van der Waals surface area contributed by atoms with Gasteiger partial charge in [0.1, 0.15) is 0 Å². The van der Waals surface area contributed by atoms with Crippen LogP contribution in [0.15, 0.2) is 34.9 Å². The van der Waals surface area contributed by atoms with Crippen LogP contribution in [0.1, 0.15) is 66.7 Å². The van der Waals surface area contributed by atoms with Crippen molar-refractivity contribution in [1.29, 1.82) is 0 Å². The molecule has 7 atom stereocenters. The minimum Gasteiger partial charge on any atom is -0.392 e. The Morgan fingerprint density at radius 2 is 2.11 bits per heavy atom. The van der Waals surface area contributed by atoms with Crippen molar-refractivity contribution in [2.24, 2.45) is 29.1 Å². The molecule has 0 radical (unpaired) electrons. The lowest BCUT2D eigenvalue weighted by molar-refractivity contribution is -0.118. The van der Waals surface area contributed by atoms with Crippen molar-refractivity contribution in [1.82, 2.24) is 0 Å². The fraction of sp³-hybridized carbons (Fsp3) is 0.720. The molecule has 4 rings (SSSR count). The zero-order chi connectivity index (χ0) is 20.3. The van der Waals surface area contributed by atoms with E-state index in [0.29, 0.717) is 11.8 Å². The zero-order valence-electron chi connectivity index (χ0n) is 18.1. The first-order valence-electron chi connectivity index (χ1n) is 11.0. The van der Waals surface area contributed by atoms with Crippen LogP contribution in [0.3, 0.4) is 0 Å². The Hall–Kier alpha value is -1.19. The monoisotopic (exact) mass is 384 g/mol. The van der Waals surface area contributed by atoms with Crippen molar-refractivity contribution in [3.63, 3.8) is 0 Å². The lowest BCUT2D eigenvalue weighted by atomic mass is 9.62. The van der Waals surface area contributed by atoms with Gasteiger partial charge in [-0.2, -0.15) is 0 Å². The first-order chi connectivity index (χ1) is 13.2. The van der Waals surface area contributed by atoms with Gasteiger partial charge >= 0.3 is 0 Å². The van der Waals surface area contributed by atoms with Gasteiger partial charge in [-0.25, -0.2) is 0 Å². The lowest BCUT2D eigenvalue weighted by Crippen LogP contribution is -2.44. The van der Waals surface area contributed by atoms with Gasteiger partial charge in [-0.15, -0.1) is 0 Å². The summed E-state index contributed by atoms with van der Waals surface area (Å²) in [5, 5.41) is 10.0. The average Bonchev–Trinajstić information content (AvgIpc) is 3.14.